The molecule has 0 N–H and O–H groups in total. The Kier molecular flexibility index (Phi) is 8.99. The summed E-state index contributed by atoms with van der Waals surface area (Å²) in [5.41, 5.74) is 7.23. The van der Waals surface area contributed by atoms with Crippen molar-refractivity contribution in [2.24, 2.45) is 5.92 Å². The van der Waals surface area contributed by atoms with Gasteiger partial charge in [0, 0.05) is 0 Å². The van der Waals surface area contributed by atoms with Crippen LogP contribution in [0.4, 0.5) is 0 Å². The molecule has 0 saturated carbocycles. The molecule has 28 heavy (non-hydrogen) atoms. The van der Waals surface area contributed by atoms with E-state index in [-0.39, 0.29) is 5.43 Å². The van der Waals surface area contributed by atoms with Crippen LogP contribution in [0.3, 0.4) is 0 Å². The molecule has 0 amide bonds. The van der Waals surface area contributed by atoms with Gasteiger partial charge in [0.2, 0.25) is 0 Å². The molecule has 1 heterocycles. The van der Waals surface area contributed by atoms with Gasteiger partial charge in [-0.2, -0.15) is 22.5 Å². The quantitative estimate of drug-likeness (QED) is 0.243. The Morgan fingerprint density at radius 2 is 1.68 bits per heavy atom. The van der Waals surface area contributed by atoms with Gasteiger partial charge in [-0.1, -0.05) is 51.8 Å². The minimum Gasteiger partial charge on any atom is -0.155 e. The third-order valence-electron chi connectivity index (χ3n) is 5.00. The van der Waals surface area contributed by atoms with Crippen LogP contribution in [-0.4, -0.2) is 5.43 Å². The average Bonchev–Trinajstić information content (AvgIpc) is 3.31. The van der Waals surface area contributed by atoms with Crippen LogP contribution in [0.15, 0.2) is 64.6 Å². The van der Waals surface area contributed by atoms with Crippen molar-refractivity contribution in [2.45, 2.75) is 47.7 Å². The van der Waals surface area contributed by atoms with Crippen molar-refractivity contribution in [3.05, 3.63) is 76.2 Å². The Labute approximate surface area is 190 Å². The van der Waals surface area contributed by atoms with E-state index in [0.29, 0.717) is 5.92 Å². The molecule has 0 saturated heterocycles. The largest absolute Gasteiger partial charge is 0.155 e. The monoisotopic (exact) mass is 480 g/mol. The van der Waals surface area contributed by atoms with Crippen LogP contribution in [0, 0.1) is 18.9 Å². The summed E-state index contributed by atoms with van der Waals surface area (Å²) >= 11 is 3.55. The second kappa shape index (κ2) is 10.8. The van der Waals surface area contributed by atoms with Crippen molar-refractivity contribution in [1.82, 2.24) is 0 Å². The Morgan fingerprint density at radius 3 is 2.14 bits per heavy atom. The summed E-state index contributed by atoms with van der Waals surface area (Å²) < 4.78 is 0. The summed E-state index contributed by atoms with van der Waals surface area (Å²) in [4.78, 5) is 1.37. The summed E-state index contributed by atoms with van der Waals surface area (Å²) in [6.45, 7) is 15.5. The maximum absolute atomic E-state index is 3.36. The van der Waals surface area contributed by atoms with Gasteiger partial charge in [-0.25, -0.2) is 5.57 Å². The minimum atomic E-state index is 0.210. The Morgan fingerprint density at radius 1 is 1.04 bits per heavy atom. The van der Waals surface area contributed by atoms with E-state index in [9.17, 15) is 0 Å². The van der Waals surface area contributed by atoms with Gasteiger partial charge in [0.1, 0.15) is 0 Å². The fourth-order valence-corrected chi connectivity index (χ4v) is 4.13. The van der Waals surface area contributed by atoms with Crippen LogP contribution in [0.1, 0.15) is 33.3 Å². The van der Waals surface area contributed by atoms with Crippen LogP contribution in [-0.2, 0) is 23.3 Å². The van der Waals surface area contributed by atoms with Crippen LogP contribution in [0.25, 0.3) is 21.2 Å². The minimum absolute atomic E-state index is 0.210. The zero-order valence-corrected chi connectivity index (χ0v) is 22.4. The SMILES string of the molecule is CC1=[C-]C(C)C(C)=C1C.C[Si](C)=[Zr+2].Cc1[cH-]c2ccccc2c1-c1cccs1. The van der Waals surface area contributed by atoms with Crippen molar-refractivity contribution < 1.29 is 23.3 Å². The predicted molar refractivity (Wildman–Crippen MR) is 125 cm³/mol. The molecule has 3 aromatic rings. The molecule has 1 aromatic heterocycles. The van der Waals surface area contributed by atoms with Gasteiger partial charge in [0.05, 0.1) is 0 Å². The molecule has 1 aliphatic rings. The van der Waals surface area contributed by atoms with Gasteiger partial charge in [-0.3, -0.25) is 6.08 Å². The maximum Gasteiger partial charge on any atom is -0.00957 e. The summed E-state index contributed by atoms with van der Waals surface area (Å²) in [6.07, 6.45) is 3.36. The van der Waals surface area contributed by atoms with E-state index in [0.717, 1.165) is 0 Å². The third-order valence-corrected chi connectivity index (χ3v) is 5.89. The molecule has 1 unspecified atom stereocenters. The molecular formula is C25H30SSiZr. The van der Waals surface area contributed by atoms with E-state index in [4.69, 9.17) is 0 Å². The first kappa shape index (κ1) is 23.4. The fraction of sp³-hybridized carbons (Fsp3) is 0.320. The zero-order valence-electron chi connectivity index (χ0n) is 18.1. The molecule has 3 heteroatoms. The molecule has 0 radical (unpaired) electrons. The fourth-order valence-electron chi connectivity index (χ4n) is 3.28. The van der Waals surface area contributed by atoms with E-state index in [1.165, 1.54) is 43.5 Å². The normalized spacial score (nSPS) is 15.6. The number of thiophene rings is 1. The Hall–Kier alpha value is -0.890. The number of fused-ring (bicyclic) bond motifs is 1. The maximum atomic E-state index is 3.36. The number of allylic oxidation sites excluding steroid dienone is 4. The molecule has 2 aromatic carbocycles. The molecule has 0 spiro atoms. The van der Waals surface area contributed by atoms with E-state index in [2.05, 4.69) is 102 Å². The van der Waals surface area contributed by atoms with Crippen molar-refractivity contribution in [1.29, 1.82) is 0 Å². The molecule has 0 nitrogen and oxygen atoms in total. The van der Waals surface area contributed by atoms with Gasteiger partial charge in [-0.05, 0) is 10.3 Å². The number of hydrogen-bond acceptors (Lipinski definition) is 1. The van der Waals surface area contributed by atoms with E-state index >= 15 is 0 Å². The van der Waals surface area contributed by atoms with Crippen molar-refractivity contribution in [3.63, 3.8) is 0 Å². The summed E-state index contributed by atoms with van der Waals surface area (Å²) in [5, 5.41) is 4.85. The molecule has 144 valence electrons. The van der Waals surface area contributed by atoms with Crippen LogP contribution >= 0.6 is 11.3 Å². The third kappa shape index (κ3) is 6.05. The number of aryl methyl sites for hydroxylation is 1. The molecule has 0 aliphatic heterocycles. The predicted octanol–water partition coefficient (Wildman–Crippen LogP) is 8.10. The Bertz CT molecular complexity index is 999. The molecule has 0 bridgehead atoms. The first-order valence-corrected chi connectivity index (χ1v) is 16.8. The van der Waals surface area contributed by atoms with Gasteiger partial charge >= 0.3 is 41.9 Å². The van der Waals surface area contributed by atoms with Gasteiger partial charge in [0.25, 0.3) is 0 Å². The first-order chi connectivity index (χ1) is 13.2. The summed E-state index contributed by atoms with van der Waals surface area (Å²) in [7, 11) is 0. The van der Waals surface area contributed by atoms with E-state index < -0.39 is 0 Å². The molecule has 1 atom stereocenters. The van der Waals surface area contributed by atoms with Crippen molar-refractivity contribution in [3.8, 4) is 10.4 Å². The van der Waals surface area contributed by atoms with E-state index in [1.54, 1.807) is 23.3 Å². The second-order valence-corrected chi connectivity index (χ2v) is 17.9. The summed E-state index contributed by atoms with van der Waals surface area (Å²) in [5.74, 6) is 0.560. The van der Waals surface area contributed by atoms with Crippen molar-refractivity contribution >= 4 is 27.5 Å². The van der Waals surface area contributed by atoms with Gasteiger partial charge < -0.3 is 0 Å². The van der Waals surface area contributed by atoms with Gasteiger partial charge in [0.15, 0.2) is 0 Å². The van der Waals surface area contributed by atoms with E-state index in [1.807, 2.05) is 11.3 Å². The van der Waals surface area contributed by atoms with Crippen LogP contribution in [0.5, 0.6) is 0 Å². The molecule has 0 fully saturated rings. The van der Waals surface area contributed by atoms with Crippen LogP contribution < -0.4 is 0 Å². The smallest absolute Gasteiger partial charge is 0.00957 e. The number of rotatable bonds is 1. The first-order valence-electron chi connectivity index (χ1n) is 9.70. The standard InChI is InChI=1S/C14H11S.C9H13.C2H6Si.Zr/c1-10-9-11-5-2-3-6-12(11)14(10)13-7-4-8-15-13;1-6-5-7(2)9(4)8(6)3;1-3-2;/h2-9H,1H3;6H,1-4H3;1-2H3;/q2*-1;;+2. The Balaban J connectivity index is 0.000000184. The molecule has 1 aliphatic carbocycles. The van der Waals surface area contributed by atoms with Crippen molar-refractivity contribution in [2.75, 3.05) is 0 Å². The molecular weight excluding hydrogens is 452 g/mol. The number of hydrogen-bond donors (Lipinski definition) is 0. The topological polar surface area (TPSA) is 0 Å². The number of benzene rings is 1. The zero-order chi connectivity index (χ0) is 20.8. The second-order valence-electron chi connectivity index (χ2n) is 7.57. The summed E-state index contributed by atoms with van der Waals surface area (Å²) in [6, 6.07) is 15.2. The van der Waals surface area contributed by atoms with Crippen LogP contribution in [0.2, 0.25) is 13.1 Å². The molecule has 4 rings (SSSR count). The van der Waals surface area contributed by atoms with Gasteiger partial charge in [-0.15, -0.1) is 53.1 Å². The average molecular weight is 482 g/mol.